The third-order valence-electron chi connectivity index (χ3n) is 2.73. The quantitative estimate of drug-likeness (QED) is 0.662. The Kier molecular flexibility index (Phi) is 4.44. The molecule has 1 amide bonds. The second kappa shape index (κ2) is 6.27. The molecule has 1 aromatic carbocycles. The van der Waals surface area contributed by atoms with Gasteiger partial charge in [0.05, 0.1) is 24.5 Å². The zero-order valence-electron chi connectivity index (χ0n) is 11.4. The number of ether oxygens (including phenoxy) is 1. The molecule has 0 radical (unpaired) electrons. The van der Waals surface area contributed by atoms with Gasteiger partial charge in [0.15, 0.2) is 11.5 Å². The molecule has 0 aliphatic rings. The number of nitrogens with one attached hydrogen (secondary N) is 1. The number of halogens is 1. The SMILES string of the molecule is COc1cccc(/C=N/NC(=O)c2c(Cl)cnn2C)c1O. The predicted molar refractivity (Wildman–Crippen MR) is 77.9 cm³/mol. The second-order valence-corrected chi connectivity index (χ2v) is 4.47. The van der Waals surface area contributed by atoms with E-state index in [0.29, 0.717) is 11.3 Å². The minimum atomic E-state index is -0.501. The summed E-state index contributed by atoms with van der Waals surface area (Å²) in [4.78, 5) is 11.9. The normalized spacial score (nSPS) is 10.8. The number of hydrogen-bond donors (Lipinski definition) is 2. The van der Waals surface area contributed by atoms with Crippen LogP contribution in [0.1, 0.15) is 16.1 Å². The van der Waals surface area contributed by atoms with Crippen LogP contribution in [0.15, 0.2) is 29.5 Å². The van der Waals surface area contributed by atoms with E-state index in [-0.39, 0.29) is 16.5 Å². The van der Waals surface area contributed by atoms with Gasteiger partial charge in [-0.1, -0.05) is 17.7 Å². The van der Waals surface area contributed by atoms with Gasteiger partial charge in [-0.25, -0.2) is 5.43 Å². The molecule has 0 spiro atoms. The first-order valence-electron chi connectivity index (χ1n) is 5.91. The summed E-state index contributed by atoms with van der Waals surface area (Å²) in [5.41, 5.74) is 2.92. The number of aromatic nitrogens is 2. The molecule has 0 bridgehead atoms. The molecule has 0 unspecified atom stereocenters. The number of rotatable bonds is 4. The molecule has 1 heterocycles. The van der Waals surface area contributed by atoms with Crippen LogP contribution in [0.25, 0.3) is 0 Å². The highest BCUT2D eigenvalue weighted by molar-refractivity contribution is 6.33. The standard InChI is InChI=1S/C13H13ClN4O3/c1-18-11(9(14)7-16-18)13(20)17-15-6-8-4-3-5-10(21-2)12(8)19/h3-7,19H,1-2H3,(H,17,20)/b15-6+. The Balaban J connectivity index is 2.11. The number of para-hydroxylation sites is 1. The molecule has 8 heteroatoms. The third-order valence-corrected chi connectivity index (χ3v) is 3.01. The van der Waals surface area contributed by atoms with Crippen LogP contribution >= 0.6 is 11.6 Å². The van der Waals surface area contributed by atoms with E-state index >= 15 is 0 Å². The van der Waals surface area contributed by atoms with Crippen molar-refractivity contribution in [1.29, 1.82) is 0 Å². The van der Waals surface area contributed by atoms with Gasteiger partial charge in [-0.3, -0.25) is 9.48 Å². The smallest absolute Gasteiger partial charge is 0.291 e. The van der Waals surface area contributed by atoms with Crippen LogP contribution in [0.2, 0.25) is 5.02 Å². The minimum Gasteiger partial charge on any atom is -0.504 e. The van der Waals surface area contributed by atoms with Crippen molar-refractivity contribution in [2.24, 2.45) is 12.1 Å². The maximum absolute atomic E-state index is 11.9. The Bertz CT molecular complexity index is 677. The molecule has 2 rings (SSSR count). The molecule has 0 fully saturated rings. The van der Waals surface area contributed by atoms with E-state index in [0.717, 1.165) is 0 Å². The van der Waals surface area contributed by atoms with Gasteiger partial charge in [-0.15, -0.1) is 0 Å². The molecule has 0 saturated heterocycles. The summed E-state index contributed by atoms with van der Waals surface area (Å²) in [6.45, 7) is 0. The van der Waals surface area contributed by atoms with Gasteiger partial charge in [-0.2, -0.15) is 10.2 Å². The van der Waals surface area contributed by atoms with Crippen LogP contribution < -0.4 is 10.2 Å². The number of nitrogens with zero attached hydrogens (tertiary/aromatic N) is 3. The summed E-state index contributed by atoms with van der Waals surface area (Å²) in [5.74, 6) is -0.241. The lowest BCUT2D eigenvalue weighted by molar-refractivity contribution is 0.0946. The van der Waals surface area contributed by atoms with Crippen molar-refractivity contribution in [2.45, 2.75) is 0 Å². The topological polar surface area (TPSA) is 88.7 Å². The van der Waals surface area contributed by atoms with Crippen LogP contribution in [0.4, 0.5) is 0 Å². The lowest BCUT2D eigenvalue weighted by Crippen LogP contribution is -2.21. The molecule has 0 aliphatic heterocycles. The summed E-state index contributed by atoms with van der Waals surface area (Å²) < 4.78 is 6.32. The van der Waals surface area contributed by atoms with Gasteiger partial charge in [0.1, 0.15) is 5.69 Å². The Morgan fingerprint density at radius 2 is 2.33 bits per heavy atom. The zero-order chi connectivity index (χ0) is 15.4. The van der Waals surface area contributed by atoms with Crippen LogP contribution in [0.3, 0.4) is 0 Å². The number of methoxy groups -OCH3 is 1. The molecular weight excluding hydrogens is 296 g/mol. The molecule has 7 nitrogen and oxygen atoms in total. The highest BCUT2D eigenvalue weighted by Gasteiger charge is 2.14. The number of phenols is 1. The molecule has 0 aliphatic carbocycles. The largest absolute Gasteiger partial charge is 0.504 e. The van der Waals surface area contributed by atoms with Crippen molar-refractivity contribution in [1.82, 2.24) is 15.2 Å². The van der Waals surface area contributed by atoms with Crippen molar-refractivity contribution in [3.63, 3.8) is 0 Å². The maximum Gasteiger partial charge on any atom is 0.291 e. The van der Waals surface area contributed by atoms with Crippen molar-refractivity contribution in [3.8, 4) is 11.5 Å². The highest BCUT2D eigenvalue weighted by Crippen LogP contribution is 2.27. The van der Waals surface area contributed by atoms with Gasteiger partial charge in [0.25, 0.3) is 5.91 Å². The minimum absolute atomic E-state index is 0.0587. The van der Waals surface area contributed by atoms with Gasteiger partial charge < -0.3 is 9.84 Å². The van der Waals surface area contributed by atoms with Gasteiger partial charge in [-0.05, 0) is 12.1 Å². The fourth-order valence-electron chi connectivity index (χ4n) is 1.69. The van der Waals surface area contributed by atoms with Crippen LogP contribution in [-0.2, 0) is 7.05 Å². The molecule has 0 saturated carbocycles. The summed E-state index contributed by atoms with van der Waals surface area (Å²) >= 11 is 5.85. The number of hydrazone groups is 1. The number of aromatic hydroxyl groups is 1. The van der Waals surface area contributed by atoms with Gasteiger partial charge in [0, 0.05) is 12.6 Å². The zero-order valence-corrected chi connectivity index (χ0v) is 12.1. The van der Waals surface area contributed by atoms with Crippen molar-refractivity contribution in [3.05, 3.63) is 40.7 Å². The number of benzene rings is 1. The first kappa shape index (κ1) is 14.9. The summed E-state index contributed by atoms with van der Waals surface area (Å²) in [6.07, 6.45) is 2.67. The van der Waals surface area contributed by atoms with Gasteiger partial charge in [0.2, 0.25) is 0 Å². The van der Waals surface area contributed by atoms with E-state index in [1.54, 1.807) is 25.2 Å². The summed E-state index contributed by atoms with van der Waals surface area (Å²) in [5, 5.41) is 17.7. The fourth-order valence-corrected chi connectivity index (χ4v) is 1.94. The monoisotopic (exact) mass is 308 g/mol. The molecule has 1 aromatic heterocycles. The third kappa shape index (κ3) is 3.14. The fraction of sp³-hybridized carbons (Fsp3) is 0.154. The highest BCUT2D eigenvalue weighted by atomic mass is 35.5. The molecular formula is C13H13ClN4O3. The van der Waals surface area contributed by atoms with E-state index in [2.05, 4.69) is 15.6 Å². The second-order valence-electron chi connectivity index (χ2n) is 4.06. The summed E-state index contributed by atoms with van der Waals surface area (Å²) in [7, 11) is 3.04. The average Bonchev–Trinajstić information content (AvgIpc) is 2.80. The Morgan fingerprint density at radius 3 is 2.95 bits per heavy atom. The lowest BCUT2D eigenvalue weighted by Gasteiger charge is -2.05. The molecule has 110 valence electrons. The number of aryl methyl sites for hydroxylation is 1. The number of amides is 1. The van der Waals surface area contributed by atoms with Crippen molar-refractivity contribution < 1.29 is 14.6 Å². The first-order chi connectivity index (χ1) is 10.0. The Morgan fingerprint density at radius 1 is 1.57 bits per heavy atom. The average molecular weight is 309 g/mol. The van der Waals surface area contributed by atoms with E-state index in [9.17, 15) is 9.90 Å². The van der Waals surface area contributed by atoms with Crippen molar-refractivity contribution >= 4 is 23.7 Å². The van der Waals surface area contributed by atoms with Crippen LogP contribution in [-0.4, -0.2) is 34.1 Å². The lowest BCUT2D eigenvalue weighted by atomic mass is 10.2. The van der Waals surface area contributed by atoms with Crippen LogP contribution in [0.5, 0.6) is 11.5 Å². The Hall–Kier alpha value is -2.54. The molecule has 0 atom stereocenters. The van der Waals surface area contributed by atoms with E-state index in [4.69, 9.17) is 16.3 Å². The predicted octanol–water partition coefficient (Wildman–Crippen LogP) is 1.55. The molecule has 2 N–H and O–H groups in total. The number of carbonyl (C=O) groups excluding carboxylic acids is 1. The maximum atomic E-state index is 11.9. The Labute approximate surface area is 125 Å². The number of carbonyl (C=O) groups is 1. The van der Waals surface area contributed by atoms with E-state index < -0.39 is 5.91 Å². The first-order valence-corrected chi connectivity index (χ1v) is 6.29. The van der Waals surface area contributed by atoms with E-state index in [1.165, 1.54) is 24.2 Å². The van der Waals surface area contributed by atoms with Crippen molar-refractivity contribution in [2.75, 3.05) is 7.11 Å². The van der Waals surface area contributed by atoms with E-state index in [1.807, 2.05) is 0 Å². The molecule has 2 aromatic rings. The number of hydrogen-bond acceptors (Lipinski definition) is 5. The summed E-state index contributed by atoms with van der Waals surface area (Å²) in [6, 6.07) is 4.94. The number of phenolic OH excluding ortho intramolecular Hbond substituents is 1. The molecule has 21 heavy (non-hydrogen) atoms. The van der Waals surface area contributed by atoms with Crippen LogP contribution in [0, 0.1) is 0 Å². The van der Waals surface area contributed by atoms with Gasteiger partial charge >= 0.3 is 0 Å².